The number of urea groups is 1. The monoisotopic (exact) mass is 281 g/mol. The Morgan fingerprint density at radius 2 is 2.35 bits per heavy atom. The lowest BCUT2D eigenvalue weighted by atomic mass is 9.76. The van der Waals surface area contributed by atoms with Crippen molar-refractivity contribution >= 4 is 12.0 Å². The molecule has 2 amide bonds. The maximum absolute atomic E-state index is 12.0. The maximum atomic E-state index is 12.0. The number of hydrogen-bond donors (Lipinski definition) is 2. The molecule has 0 aromatic carbocycles. The number of rotatable bonds is 4. The van der Waals surface area contributed by atoms with Crippen LogP contribution in [0, 0.1) is 11.3 Å². The van der Waals surface area contributed by atoms with Gasteiger partial charge in [0.05, 0.1) is 12.0 Å². The molecule has 1 aliphatic rings. The first-order chi connectivity index (χ1) is 9.45. The normalized spacial score (nSPS) is 22.2. The lowest BCUT2D eigenvalue weighted by molar-refractivity contribution is -0.150. The van der Waals surface area contributed by atoms with E-state index in [4.69, 9.17) is 0 Å². The van der Waals surface area contributed by atoms with Crippen LogP contribution in [0.1, 0.15) is 26.0 Å². The quantitative estimate of drug-likeness (QED) is 0.867. The number of nitrogens with zero attached hydrogens (tertiary/aromatic N) is 2. The van der Waals surface area contributed by atoms with Gasteiger partial charge in [0.25, 0.3) is 0 Å². The highest BCUT2D eigenvalue weighted by molar-refractivity contribution is 5.80. The van der Waals surface area contributed by atoms with Gasteiger partial charge in [-0.2, -0.15) is 0 Å². The number of likely N-dealkylation sites (tertiary alicyclic amines) is 1. The standard InChI is InChI=1S/C13H19N3O4/c1-9(2)13(11(17)18)4-5-16(8-13)12(19)14-7-10-3-6-20-15-10/h3,6,9H,4-5,7-8H2,1-2H3,(H,14,19)(H,17,18). The second kappa shape index (κ2) is 5.52. The Balaban J connectivity index is 1.94. The molecule has 0 radical (unpaired) electrons. The summed E-state index contributed by atoms with van der Waals surface area (Å²) in [7, 11) is 0. The molecule has 0 spiro atoms. The van der Waals surface area contributed by atoms with Crippen LogP contribution >= 0.6 is 0 Å². The first-order valence-corrected chi connectivity index (χ1v) is 6.61. The molecule has 1 aromatic heterocycles. The van der Waals surface area contributed by atoms with E-state index in [9.17, 15) is 14.7 Å². The van der Waals surface area contributed by atoms with Crippen LogP contribution in [0.4, 0.5) is 4.79 Å². The molecule has 1 aromatic rings. The molecule has 0 aliphatic carbocycles. The molecular weight excluding hydrogens is 262 g/mol. The van der Waals surface area contributed by atoms with Crippen molar-refractivity contribution in [1.29, 1.82) is 0 Å². The number of carboxylic acids is 1. The summed E-state index contributed by atoms with van der Waals surface area (Å²) < 4.78 is 4.68. The van der Waals surface area contributed by atoms with Crippen molar-refractivity contribution in [2.24, 2.45) is 11.3 Å². The molecule has 110 valence electrons. The first-order valence-electron chi connectivity index (χ1n) is 6.61. The Bertz CT molecular complexity index is 486. The highest BCUT2D eigenvalue weighted by Gasteiger charge is 2.48. The minimum absolute atomic E-state index is 0.0201. The summed E-state index contributed by atoms with van der Waals surface area (Å²) in [6.07, 6.45) is 1.92. The largest absolute Gasteiger partial charge is 0.481 e. The molecule has 2 N–H and O–H groups in total. The predicted octanol–water partition coefficient (Wildman–Crippen LogP) is 1.32. The van der Waals surface area contributed by atoms with Gasteiger partial charge < -0.3 is 19.8 Å². The van der Waals surface area contributed by atoms with Crippen LogP contribution in [0.5, 0.6) is 0 Å². The van der Waals surface area contributed by atoms with Crippen LogP contribution in [-0.2, 0) is 11.3 Å². The number of carbonyl (C=O) groups excluding carboxylic acids is 1. The van der Waals surface area contributed by atoms with Gasteiger partial charge in [0, 0.05) is 19.2 Å². The van der Waals surface area contributed by atoms with Crippen molar-refractivity contribution in [3.8, 4) is 0 Å². The van der Waals surface area contributed by atoms with Gasteiger partial charge in [-0.1, -0.05) is 19.0 Å². The third-order valence-electron chi connectivity index (χ3n) is 4.03. The highest BCUT2D eigenvalue weighted by Crippen LogP contribution is 2.38. The van der Waals surface area contributed by atoms with E-state index in [1.54, 1.807) is 11.0 Å². The summed E-state index contributed by atoms with van der Waals surface area (Å²) in [4.78, 5) is 25.1. The van der Waals surface area contributed by atoms with Crippen LogP contribution in [0.15, 0.2) is 16.9 Å². The number of amides is 2. The number of carbonyl (C=O) groups is 2. The number of aliphatic carboxylic acids is 1. The van der Waals surface area contributed by atoms with Crippen LogP contribution in [0.25, 0.3) is 0 Å². The Labute approximate surface area is 116 Å². The van der Waals surface area contributed by atoms with Crippen LogP contribution in [0.2, 0.25) is 0 Å². The molecule has 0 bridgehead atoms. The molecular formula is C13H19N3O4. The van der Waals surface area contributed by atoms with Crippen molar-refractivity contribution < 1.29 is 19.2 Å². The summed E-state index contributed by atoms with van der Waals surface area (Å²) in [5.41, 5.74) is -0.212. The topological polar surface area (TPSA) is 95.7 Å². The average Bonchev–Trinajstić information content (AvgIpc) is 3.05. The van der Waals surface area contributed by atoms with Crippen molar-refractivity contribution in [2.75, 3.05) is 13.1 Å². The van der Waals surface area contributed by atoms with E-state index in [1.807, 2.05) is 13.8 Å². The van der Waals surface area contributed by atoms with Crippen molar-refractivity contribution in [3.05, 3.63) is 18.0 Å². The predicted molar refractivity (Wildman–Crippen MR) is 69.8 cm³/mol. The number of nitrogens with one attached hydrogen (secondary N) is 1. The maximum Gasteiger partial charge on any atom is 0.317 e. The number of aromatic nitrogens is 1. The summed E-state index contributed by atoms with van der Waals surface area (Å²) in [6, 6.07) is 1.40. The highest BCUT2D eigenvalue weighted by atomic mass is 16.5. The SMILES string of the molecule is CC(C)C1(C(=O)O)CCN(C(=O)NCc2ccon2)C1. The smallest absolute Gasteiger partial charge is 0.317 e. The fourth-order valence-electron chi connectivity index (χ4n) is 2.51. The Hall–Kier alpha value is -2.05. The molecule has 20 heavy (non-hydrogen) atoms. The lowest BCUT2D eigenvalue weighted by Gasteiger charge is -2.28. The minimum Gasteiger partial charge on any atom is -0.481 e. The van der Waals surface area contributed by atoms with Crippen molar-refractivity contribution in [2.45, 2.75) is 26.8 Å². The van der Waals surface area contributed by atoms with Crippen LogP contribution in [-0.4, -0.2) is 40.3 Å². The molecule has 1 fully saturated rings. The third-order valence-corrected chi connectivity index (χ3v) is 4.03. The van der Waals surface area contributed by atoms with E-state index in [-0.39, 0.29) is 25.0 Å². The molecule has 1 aliphatic heterocycles. The Morgan fingerprint density at radius 3 is 2.85 bits per heavy atom. The Morgan fingerprint density at radius 1 is 1.60 bits per heavy atom. The second-order valence-corrected chi connectivity index (χ2v) is 5.44. The lowest BCUT2D eigenvalue weighted by Crippen LogP contribution is -2.43. The molecule has 1 saturated heterocycles. The van der Waals surface area contributed by atoms with E-state index in [0.717, 1.165) is 0 Å². The van der Waals surface area contributed by atoms with Gasteiger partial charge in [-0.05, 0) is 12.3 Å². The zero-order chi connectivity index (χ0) is 14.8. The summed E-state index contributed by atoms with van der Waals surface area (Å²) in [5, 5.41) is 15.8. The zero-order valence-electron chi connectivity index (χ0n) is 11.6. The second-order valence-electron chi connectivity index (χ2n) is 5.44. The third kappa shape index (κ3) is 2.61. The minimum atomic E-state index is -0.842. The summed E-state index contributed by atoms with van der Waals surface area (Å²) in [6.45, 7) is 4.73. The molecule has 0 saturated carbocycles. The summed E-state index contributed by atoms with van der Waals surface area (Å²) >= 11 is 0. The van der Waals surface area contributed by atoms with Gasteiger partial charge in [0.2, 0.25) is 0 Å². The van der Waals surface area contributed by atoms with Gasteiger partial charge in [-0.15, -0.1) is 0 Å². The van der Waals surface area contributed by atoms with Gasteiger partial charge >= 0.3 is 12.0 Å². The first kappa shape index (κ1) is 14.4. The van der Waals surface area contributed by atoms with E-state index < -0.39 is 11.4 Å². The molecule has 1 atom stereocenters. The van der Waals surface area contributed by atoms with Gasteiger partial charge in [-0.3, -0.25) is 4.79 Å². The number of hydrogen-bond acceptors (Lipinski definition) is 4. The van der Waals surface area contributed by atoms with E-state index in [1.165, 1.54) is 6.26 Å². The van der Waals surface area contributed by atoms with Gasteiger partial charge in [0.1, 0.15) is 12.0 Å². The fourth-order valence-corrected chi connectivity index (χ4v) is 2.51. The van der Waals surface area contributed by atoms with Gasteiger partial charge in [-0.25, -0.2) is 4.79 Å². The van der Waals surface area contributed by atoms with E-state index >= 15 is 0 Å². The molecule has 2 heterocycles. The average molecular weight is 281 g/mol. The summed E-state index contributed by atoms with van der Waals surface area (Å²) in [5.74, 6) is -0.854. The zero-order valence-corrected chi connectivity index (χ0v) is 11.6. The molecule has 7 nitrogen and oxygen atoms in total. The van der Waals surface area contributed by atoms with Crippen LogP contribution in [0.3, 0.4) is 0 Å². The molecule has 2 rings (SSSR count). The molecule has 7 heteroatoms. The van der Waals surface area contributed by atoms with Crippen molar-refractivity contribution in [1.82, 2.24) is 15.4 Å². The Kier molecular flexibility index (Phi) is 3.96. The van der Waals surface area contributed by atoms with Crippen molar-refractivity contribution in [3.63, 3.8) is 0 Å². The van der Waals surface area contributed by atoms with E-state index in [2.05, 4.69) is 15.0 Å². The van der Waals surface area contributed by atoms with Crippen LogP contribution < -0.4 is 5.32 Å². The van der Waals surface area contributed by atoms with E-state index in [0.29, 0.717) is 18.7 Å². The molecule has 1 unspecified atom stereocenters. The number of carboxylic acid groups (broad SMARTS) is 1. The fraction of sp³-hybridized carbons (Fsp3) is 0.615. The van der Waals surface area contributed by atoms with Gasteiger partial charge in [0.15, 0.2) is 0 Å².